The molecular formula is C16H15Cl2FN2O3S. The minimum atomic E-state index is -3.76. The van der Waals surface area contributed by atoms with Crippen LogP contribution in [0.2, 0.25) is 10.0 Å². The number of anilines is 1. The van der Waals surface area contributed by atoms with Crippen molar-refractivity contribution in [2.45, 2.75) is 6.54 Å². The van der Waals surface area contributed by atoms with Gasteiger partial charge in [-0.2, -0.15) is 0 Å². The number of halogens is 3. The fourth-order valence-electron chi connectivity index (χ4n) is 2.08. The molecule has 9 heteroatoms. The lowest BCUT2D eigenvalue weighted by atomic mass is 10.2. The number of carbonyl (C=O) groups excluding carboxylic acids is 1. The summed E-state index contributed by atoms with van der Waals surface area (Å²) in [5, 5.41) is 3.43. The average Bonchev–Trinajstić information content (AvgIpc) is 2.50. The molecule has 0 aromatic heterocycles. The van der Waals surface area contributed by atoms with Crippen LogP contribution in [-0.2, 0) is 21.4 Å². The summed E-state index contributed by atoms with van der Waals surface area (Å²) in [6.07, 6.45) is 0.946. The minimum Gasteiger partial charge on any atom is -0.350 e. The predicted octanol–water partition coefficient (Wildman–Crippen LogP) is 3.21. The van der Waals surface area contributed by atoms with Crippen molar-refractivity contribution in [3.63, 3.8) is 0 Å². The molecule has 0 saturated carbocycles. The Bertz CT molecular complexity index is 891. The lowest BCUT2D eigenvalue weighted by molar-refractivity contribution is -0.119. The highest BCUT2D eigenvalue weighted by Gasteiger charge is 2.21. The minimum absolute atomic E-state index is 0.0715. The van der Waals surface area contributed by atoms with Gasteiger partial charge in [0.25, 0.3) is 0 Å². The van der Waals surface area contributed by atoms with E-state index in [1.165, 1.54) is 18.2 Å². The normalized spacial score (nSPS) is 11.2. The Morgan fingerprint density at radius 2 is 1.92 bits per heavy atom. The molecule has 2 aromatic carbocycles. The first-order chi connectivity index (χ1) is 11.7. The Morgan fingerprint density at radius 1 is 1.20 bits per heavy atom. The van der Waals surface area contributed by atoms with Gasteiger partial charge in [0.05, 0.1) is 11.9 Å². The van der Waals surface area contributed by atoms with Crippen molar-refractivity contribution in [3.05, 3.63) is 63.9 Å². The SMILES string of the molecule is CS(=O)(=O)N(CC(=O)NCc1ccc(Cl)cc1Cl)c1cccc(F)c1. The second kappa shape index (κ2) is 8.03. The summed E-state index contributed by atoms with van der Waals surface area (Å²) in [7, 11) is -3.76. The van der Waals surface area contributed by atoms with Gasteiger partial charge in [-0.1, -0.05) is 35.3 Å². The van der Waals surface area contributed by atoms with Crippen LogP contribution in [0, 0.1) is 5.82 Å². The van der Waals surface area contributed by atoms with Crippen molar-refractivity contribution in [3.8, 4) is 0 Å². The van der Waals surface area contributed by atoms with Crippen molar-refractivity contribution in [2.24, 2.45) is 0 Å². The standard InChI is InChI=1S/C16H15Cl2FN2O3S/c1-25(23,24)21(14-4-2-3-13(19)8-14)10-16(22)20-9-11-5-6-12(17)7-15(11)18/h2-8H,9-10H2,1H3,(H,20,22). The van der Waals surface area contributed by atoms with Gasteiger partial charge in [-0.15, -0.1) is 0 Å². The smallest absolute Gasteiger partial charge is 0.241 e. The molecule has 0 fully saturated rings. The van der Waals surface area contributed by atoms with Crippen LogP contribution in [0.3, 0.4) is 0 Å². The van der Waals surface area contributed by atoms with Gasteiger partial charge in [-0.25, -0.2) is 12.8 Å². The van der Waals surface area contributed by atoms with E-state index >= 15 is 0 Å². The summed E-state index contributed by atoms with van der Waals surface area (Å²) in [5.74, 6) is -1.15. The Hall–Kier alpha value is -1.83. The zero-order valence-corrected chi connectivity index (χ0v) is 15.5. The summed E-state index contributed by atoms with van der Waals surface area (Å²) < 4.78 is 38.0. The summed E-state index contributed by atoms with van der Waals surface area (Å²) in [6, 6.07) is 9.84. The van der Waals surface area contributed by atoms with E-state index in [2.05, 4.69) is 5.32 Å². The number of hydrogen-bond acceptors (Lipinski definition) is 3. The van der Waals surface area contributed by atoms with Crippen LogP contribution in [0.4, 0.5) is 10.1 Å². The van der Waals surface area contributed by atoms with E-state index in [1.54, 1.807) is 18.2 Å². The second-order valence-corrected chi connectivity index (χ2v) is 8.01. The maximum atomic E-state index is 13.4. The molecule has 1 N–H and O–H groups in total. The van der Waals surface area contributed by atoms with E-state index in [4.69, 9.17) is 23.2 Å². The molecule has 0 saturated heterocycles. The molecule has 0 bridgehead atoms. The average molecular weight is 405 g/mol. The number of rotatable bonds is 6. The third-order valence-electron chi connectivity index (χ3n) is 3.27. The van der Waals surface area contributed by atoms with Crippen molar-refractivity contribution in [2.75, 3.05) is 17.1 Å². The summed E-state index contributed by atoms with van der Waals surface area (Å²) >= 11 is 11.8. The van der Waals surface area contributed by atoms with Gasteiger partial charge in [-0.05, 0) is 35.9 Å². The molecule has 0 atom stereocenters. The number of amides is 1. The van der Waals surface area contributed by atoms with Gasteiger partial charge >= 0.3 is 0 Å². The van der Waals surface area contributed by atoms with Crippen LogP contribution in [0.25, 0.3) is 0 Å². The van der Waals surface area contributed by atoms with E-state index in [0.29, 0.717) is 15.6 Å². The van der Waals surface area contributed by atoms with E-state index in [0.717, 1.165) is 16.6 Å². The number of sulfonamides is 1. The van der Waals surface area contributed by atoms with E-state index < -0.39 is 28.3 Å². The molecule has 0 unspecified atom stereocenters. The molecule has 2 aromatic rings. The fourth-order valence-corrected chi connectivity index (χ4v) is 3.40. The molecule has 0 aliphatic heterocycles. The van der Waals surface area contributed by atoms with Crippen molar-refractivity contribution >= 4 is 44.8 Å². The first kappa shape index (κ1) is 19.5. The number of hydrogen-bond donors (Lipinski definition) is 1. The zero-order valence-electron chi connectivity index (χ0n) is 13.2. The maximum Gasteiger partial charge on any atom is 0.241 e. The molecule has 0 radical (unpaired) electrons. The molecule has 1 amide bonds. The molecule has 25 heavy (non-hydrogen) atoms. The van der Waals surface area contributed by atoms with Crippen molar-refractivity contribution in [1.82, 2.24) is 5.32 Å². The molecule has 5 nitrogen and oxygen atoms in total. The highest BCUT2D eigenvalue weighted by molar-refractivity contribution is 7.92. The molecule has 2 rings (SSSR count). The monoisotopic (exact) mass is 404 g/mol. The maximum absolute atomic E-state index is 13.4. The van der Waals surface area contributed by atoms with Gasteiger partial charge < -0.3 is 5.32 Å². The molecule has 0 aliphatic rings. The van der Waals surface area contributed by atoms with Gasteiger partial charge in [-0.3, -0.25) is 9.10 Å². The first-order valence-electron chi connectivity index (χ1n) is 7.11. The van der Waals surface area contributed by atoms with Crippen LogP contribution in [0.5, 0.6) is 0 Å². The quantitative estimate of drug-likeness (QED) is 0.803. The Morgan fingerprint density at radius 3 is 2.52 bits per heavy atom. The molecular weight excluding hydrogens is 390 g/mol. The van der Waals surface area contributed by atoms with Crippen LogP contribution >= 0.6 is 23.2 Å². The van der Waals surface area contributed by atoms with Crippen LogP contribution in [0.15, 0.2) is 42.5 Å². The number of nitrogens with zero attached hydrogens (tertiary/aromatic N) is 1. The Balaban J connectivity index is 2.10. The molecule has 134 valence electrons. The topological polar surface area (TPSA) is 66.5 Å². The van der Waals surface area contributed by atoms with Gasteiger partial charge in [0, 0.05) is 16.6 Å². The lowest BCUT2D eigenvalue weighted by Crippen LogP contribution is -2.40. The van der Waals surface area contributed by atoms with Crippen LogP contribution in [0.1, 0.15) is 5.56 Å². The molecule has 0 heterocycles. The van der Waals surface area contributed by atoms with Crippen LogP contribution in [-0.4, -0.2) is 27.1 Å². The molecule has 0 spiro atoms. The van der Waals surface area contributed by atoms with Crippen molar-refractivity contribution in [1.29, 1.82) is 0 Å². The van der Waals surface area contributed by atoms with Gasteiger partial charge in [0.2, 0.25) is 15.9 Å². The zero-order chi connectivity index (χ0) is 18.6. The van der Waals surface area contributed by atoms with Gasteiger partial charge in [0.15, 0.2) is 0 Å². The second-order valence-electron chi connectivity index (χ2n) is 5.26. The van der Waals surface area contributed by atoms with Gasteiger partial charge in [0.1, 0.15) is 12.4 Å². The highest BCUT2D eigenvalue weighted by atomic mass is 35.5. The Labute approximate surface area is 155 Å². The van der Waals surface area contributed by atoms with Crippen LogP contribution < -0.4 is 9.62 Å². The predicted molar refractivity (Wildman–Crippen MR) is 96.9 cm³/mol. The third-order valence-corrected chi connectivity index (χ3v) is 5.00. The van der Waals surface area contributed by atoms with Crippen molar-refractivity contribution < 1.29 is 17.6 Å². The fraction of sp³-hybridized carbons (Fsp3) is 0.188. The van der Waals surface area contributed by atoms with E-state index in [9.17, 15) is 17.6 Å². The number of carbonyl (C=O) groups is 1. The third kappa shape index (κ3) is 5.59. The number of nitrogens with one attached hydrogen (secondary N) is 1. The highest BCUT2D eigenvalue weighted by Crippen LogP contribution is 2.21. The lowest BCUT2D eigenvalue weighted by Gasteiger charge is -2.22. The molecule has 0 aliphatic carbocycles. The number of benzene rings is 2. The Kier molecular flexibility index (Phi) is 6.26. The van der Waals surface area contributed by atoms with E-state index in [-0.39, 0.29) is 12.2 Å². The largest absolute Gasteiger partial charge is 0.350 e. The summed E-state index contributed by atoms with van der Waals surface area (Å²) in [4.78, 5) is 12.1. The van der Waals surface area contributed by atoms with E-state index in [1.807, 2.05) is 0 Å². The summed E-state index contributed by atoms with van der Waals surface area (Å²) in [5.41, 5.74) is 0.707. The first-order valence-corrected chi connectivity index (χ1v) is 9.71. The summed E-state index contributed by atoms with van der Waals surface area (Å²) in [6.45, 7) is -0.372.